The van der Waals surface area contributed by atoms with E-state index in [-0.39, 0.29) is 0 Å². The van der Waals surface area contributed by atoms with Crippen molar-refractivity contribution in [3.63, 3.8) is 0 Å². The van der Waals surface area contributed by atoms with Gasteiger partial charge in [-0.05, 0) is 0 Å². The molecule has 2 N–H and O–H groups in total. The van der Waals surface area contributed by atoms with Crippen molar-refractivity contribution in [1.82, 2.24) is 19.9 Å². The second-order valence-electron chi connectivity index (χ2n) is 3.44. The first-order valence-electron chi connectivity index (χ1n) is 4.81. The number of hydrogen-bond donors (Lipinski definition) is 2. The van der Waals surface area contributed by atoms with Crippen molar-refractivity contribution >= 4 is 5.95 Å². The molecule has 0 unspecified atom stereocenters. The first-order valence-corrected chi connectivity index (χ1v) is 4.81. The topological polar surface area (TPSA) is 83.0 Å². The molecule has 0 aliphatic carbocycles. The molecule has 0 bridgehead atoms. The van der Waals surface area contributed by atoms with Gasteiger partial charge in [-0.25, -0.2) is 14.2 Å². The Labute approximate surface area is 85.8 Å². The molecule has 1 aromatic rings. The summed E-state index contributed by atoms with van der Waals surface area (Å²) in [4.78, 5) is 30.9. The van der Waals surface area contributed by atoms with Crippen LogP contribution in [-0.2, 0) is 7.05 Å². The standard InChI is InChI=1S/C8H13N5O2/c1-12-7(14)10-6(11-8(12)15)13-4-2-9-3-5-13/h9H,2-5H2,1H3,(H,10,11,14,15). The Bertz CT molecular complexity index is 426. The van der Waals surface area contributed by atoms with Gasteiger partial charge in [-0.3, -0.25) is 4.98 Å². The minimum Gasteiger partial charge on any atom is -0.340 e. The predicted molar refractivity (Wildman–Crippen MR) is 55.2 cm³/mol. The molecule has 82 valence electrons. The first kappa shape index (κ1) is 9.91. The molecule has 0 saturated carbocycles. The highest BCUT2D eigenvalue weighted by molar-refractivity contribution is 5.28. The van der Waals surface area contributed by atoms with Crippen molar-refractivity contribution in [2.45, 2.75) is 0 Å². The predicted octanol–water partition coefficient (Wildman–Crippen LogP) is -2.12. The van der Waals surface area contributed by atoms with Crippen LogP contribution in [0.2, 0.25) is 0 Å². The van der Waals surface area contributed by atoms with Crippen molar-refractivity contribution in [2.24, 2.45) is 7.05 Å². The summed E-state index contributed by atoms with van der Waals surface area (Å²) in [5.41, 5.74) is -0.948. The maximum atomic E-state index is 11.3. The molecule has 0 amide bonds. The number of rotatable bonds is 1. The van der Waals surface area contributed by atoms with Gasteiger partial charge >= 0.3 is 11.4 Å². The average Bonchev–Trinajstić information content (AvgIpc) is 2.26. The first-order chi connectivity index (χ1) is 7.18. The molecule has 2 heterocycles. The molecular weight excluding hydrogens is 198 g/mol. The van der Waals surface area contributed by atoms with Crippen LogP contribution < -0.4 is 21.6 Å². The lowest BCUT2D eigenvalue weighted by Gasteiger charge is -2.27. The van der Waals surface area contributed by atoms with Gasteiger partial charge in [-0.2, -0.15) is 4.98 Å². The lowest BCUT2D eigenvalue weighted by Crippen LogP contribution is -2.46. The number of nitrogens with one attached hydrogen (secondary N) is 2. The molecule has 15 heavy (non-hydrogen) atoms. The van der Waals surface area contributed by atoms with Crippen molar-refractivity contribution in [2.75, 3.05) is 31.1 Å². The van der Waals surface area contributed by atoms with E-state index in [1.165, 1.54) is 7.05 Å². The molecule has 0 aromatic carbocycles. The van der Waals surface area contributed by atoms with Crippen molar-refractivity contribution in [3.05, 3.63) is 21.0 Å². The SMILES string of the molecule is Cn1c(=O)nc(N2CCNCC2)[nH]c1=O. The van der Waals surface area contributed by atoms with Crippen LogP contribution in [0.5, 0.6) is 0 Å². The number of anilines is 1. The van der Waals surface area contributed by atoms with Crippen molar-refractivity contribution in [1.29, 1.82) is 0 Å². The summed E-state index contributed by atoms with van der Waals surface area (Å²) in [6.45, 7) is 3.16. The maximum Gasteiger partial charge on any atom is 0.354 e. The van der Waals surface area contributed by atoms with Gasteiger partial charge in [0.1, 0.15) is 0 Å². The minimum absolute atomic E-state index is 0.365. The van der Waals surface area contributed by atoms with E-state index in [0.717, 1.165) is 30.7 Å². The van der Waals surface area contributed by atoms with Crippen LogP contribution in [0.4, 0.5) is 5.95 Å². The molecule has 1 aromatic heterocycles. The van der Waals surface area contributed by atoms with E-state index in [1.54, 1.807) is 0 Å². The lowest BCUT2D eigenvalue weighted by molar-refractivity contribution is 0.572. The van der Waals surface area contributed by atoms with Gasteiger partial charge in [0, 0.05) is 33.2 Å². The molecule has 7 nitrogen and oxygen atoms in total. The zero-order valence-corrected chi connectivity index (χ0v) is 8.49. The summed E-state index contributed by atoms with van der Waals surface area (Å²) in [7, 11) is 1.40. The Morgan fingerprint density at radius 3 is 2.53 bits per heavy atom. The summed E-state index contributed by atoms with van der Waals surface area (Å²) in [5.74, 6) is 0.365. The smallest absolute Gasteiger partial charge is 0.340 e. The maximum absolute atomic E-state index is 11.3. The second kappa shape index (κ2) is 3.85. The largest absolute Gasteiger partial charge is 0.354 e. The van der Waals surface area contributed by atoms with Crippen LogP contribution in [0, 0.1) is 0 Å². The molecule has 2 rings (SSSR count). The Morgan fingerprint density at radius 2 is 1.93 bits per heavy atom. The summed E-state index contributed by atoms with van der Waals surface area (Å²) in [6, 6.07) is 0. The summed E-state index contributed by atoms with van der Waals surface area (Å²) in [6.07, 6.45) is 0. The van der Waals surface area contributed by atoms with E-state index < -0.39 is 11.4 Å². The van der Waals surface area contributed by atoms with Gasteiger partial charge in [-0.15, -0.1) is 0 Å². The van der Waals surface area contributed by atoms with Gasteiger partial charge in [0.25, 0.3) is 0 Å². The van der Waals surface area contributed by atoms with Crippen LogP contribution in [0.1, 0.15) is 0 Å². The van der Waals surface area contributed by atoms with Crippen molar-refractivity contribution < 1.29 is 0 Å². The Balaban J connectivity index is 2.36. The molecule has 0 spiro atoms. The van der Waals surface area contributed by atoms with E-state index in [0.29, 0.717) is 5.95 Å². The number of nitrogens with zero attached hydrogens (tertiary/aromatic N) is 3. The molecule has 0 atom stereocenters. The Hall–Kier alpha value is -1.63. The fourth-order valence-electron chi connectivity index (χ4n) is 1.49. The van der Waals surface area contributed by atoms with Crippen LogP contribution >= 0.6 is 0 Å². The van der Waals surface area contributed by atoms with E-state index in [9.17, 15) is 9.59 Å². The Kier molecular flexibility index (Phi) is 2.55. The highest BCUT2D eigenvalue weighted by atomic mass is 16.2. The molecule has 1 aliphatic rings. The lowest BCUT2D eigenvalue weighted by atomic mass is 10.4. The van der Waals surface area contributed by atoms with Crippen LogP contribution in [-0.4, -0.2) is 40.7 Å². The zero-order valence-electron chi connectivity index (χ0n) is 8.49. The average molecular weight is 211 g/mol. The Morgan fingerprint density at radius 1 is 1.27 bits per heavy atom. The fourth-order valence-corrected chi connectivity index (χ4v) is 1.49. The molecule has 7 heteroatoms. The van der Waals surface area contributed by atoms with E-state index in [2.05, 4.69) is 15.3 Å². The number of aromatic amines is 1. The van der Waals surface area contributed by atoms with Crippen molar-refractivity contribution in [3.8, 4) is 0 Å². The van der Waals surface area contributed by atoms with Gasteiger partial charge in [0.15, 0.2) is 0 Å². The third kappa shape index (κ3) is 1.91. The molecular formula is C8H13N5O2. The van der Waals surface area contributed by atoms with Crippen LogP contribution in [0.3, 0.4) is 0 Å². The highest BCUT2D eigenvalue weighted by Crippen LogP contribution is 2.01. The van der Waals surface area contributed by atoms with Gasteiger partial charge in [0.2, 0.25) is 5.95 Å². The number of piperazine rings is 1. The van der Waals surface area contributed by atoms with Crippen LogP contribution in [0.15, 0.2) is 9.59 Å². The van der Waals surface area contributed by atoms with Gasteiger partial charge in [0.05, 0.1) is 0 Å². The molecule has 0 radical (unpaired) electrons. The van der Waals surface area contributed by atoms with E-state index in [4.69, 9.17) is 0 Å². The summed E-state index contributed by atoms with van der Waals surface area (Å²) in [5, 5.41) is 3.18. The minimum atomic E-state index is -0.521. The highest BCUT2D eigenvalue weighted by Gasteiger charge is 2.13. The molecule has 1 fully saturated rings. The molecule has 1 aliphatic heterocycles. The summed E-state index contributed by atoms with van der Waals surface area (Å²) >= 11 is 0. The third-order valence-electron chi connectivity index (χ3n) is 2.43. The van der Waals surface area contributed by atoms with E-state index in [1.807, 2.05) is 4.90 Å². The monoisotopic (exact) mass is 211 g/mol. The number of hydrogen-bond acceptors (Lipinski definition) is 5. The fraction of sp³-hybridized carbons (Fsp3) is 0.625. The number of aromatic nitrogens is 3. The summed E-state index contributed by atoms with van der Waals surface area (Å²) < 4.78 is 0.950. The molecule has 1 saturated heterocycles. The van der Waals surface area contributed by atoms with E-state index >= 15 is 0 Å². The number of H-pyrrole nitrogens is 1. The van der Waals surface area contributed by atoms with Gasteiger partial charge in [-0.1, -0.05) is 0 Å². The normalized spacial score (nSPS) is 16.7. The van der Waals surface area contributed by atoms with Crippen LogP contribution in [0.25, 0.3) is 0 Å². The zero-order chi connectivity index (χ0) is 10.8. The van der Waals surface area contributed by atoms with Gasteiger partial charge < -0.3 is 10.2 Å². The third-order valence-corrected chi connectivity index (χ3v) is 2.43. The second-order valence-corrected chi connectivity index (χ2v) is 3.44. The quantitative estimate of drug-likeness (QED) is 0.555.